The maximum Gasteiger partial charge on any atom is 0.316 e. The van der Waals surface area contributed by atoms with Gasteiger partial charge in [-0.25, -0.2) is 9.97 Å². The highest BCUT2D eigenvalue weighted by molar-refractivity contribution is 5.07. The molecule has 12 heavy (non-hydrogen) atoms. The third kappa shape index (κ3) is 2.45. The minimum atomic E-state index is -0.300. The molecule has 0 radical (unpaired) electrons. The lowest BCUT2D eigenvalue weighted by atomic mass is 10.2. The van der Waals surface area contributed by atoms with Gasteiger partial charge in [0.05, 0.1) is 13.8 Å². The van der Waals surface area contributed by atoms with Crippen molar-refractivity contribution in [2.24, 2.45) is 0 Å². The van der Waals surface area contributed by atoms with Gasteiger partial charge in [0, 0.05) is 12.4 Å². The van der Waals surface area contributed by atoms with Crippen LogP contribution in [0.3, 0.4) is 0 Å². The molecule has 1 aromatic rings. The highest BCUT2D eigenvalue weighted by atomic mass is 19.1. The van der Waals surface area contributed by atoms with Crippen LogP contribution in [0.1, 0.15) is 12.0 Å². The Balaban J connectivity index is 2.53. The van der Waals surface area contributed by atoms with E-state index in [1.807, 2.05) is 0 Å². The summed E-state index contributed by atoms with van der Waals surface area (Å²) >= 11 is 0. The Morgan fingerprint density at radius 2 is 2.08 bits per heavy atom. The molecule has 0 N–H and O–H groups in total. The topological polar surface area (TPSA) is 35.0 Å². The standard InChI is InChI=1S/C8H11FN2O/c1-12-8-10-5-7(6-11-8)3-2-4-9/h5-6H,2-4H2,1H3. The SMILES string of the molecule is COc1ncc(CCCF)cn1. The van der Waals surface area contributed by atoms with Gasteiger partial charge in [0.15, 0.2) is 0 Å². The Morgan fingerprint density at radius 1 is 1.42 bits per heavy atom. The maximum atomic E-state index is 11.8. The average Bonchev–Trinajstić information content (AvgIpc) is 2.15. The molecule has 0 spiro atoms. The number of hydrogen-bond acceptors (Lipinski definition) is 3. The fourth-order valence-electron chi connectivity index (χ4n) is 0.848. The van der Waals surface area contributed by atoms with Gasteiger partial charge in [0.25, 0.3) is 0 Å². The first-order valence-electron chi connectivity index (χ1n) is 3.77. The highest BCUT2D eigenvalue weighted by Gasteiger charge is 1.96. The van der Waals surface area contributed by atoms with Gasteiger partial charge in [-0.2, -0.15) is 0 Å². The summed E-state index contributed by atoms with van der Waals surface area (Å²) in [6.07, 6.45) is 4.51. The monoisotopic (exact) mass is 170 g/mol. The van der Waals surface area contributed by atoms with E-state index in [0.717, 1.165) is 5.56 Å². The van der Waals surface area contributed by atoms with Gasteiger partial charge in [-0.1, -0.05) is 0 Å². The minimum Gasteiger partial charge on any atom is -0.467 e. The van der Waals surface area contributed by atoms with Crippen LogP contribution < -0.4 is 4.74 Å². The Morgan fingerprint density at radius 3 is 2.58 bits per heavy atom. The third-order valence-electron chi connectivity index (χ3n) is 1.46. The Labute approximate surface area is 70.6 Å². The predicted octanol–water partition coefficient (Wildman–Crippen LogP) is 1.39. The van der Waals surface area contributed by atoms with Gasteiger partial charge >= 0.3 is 6.01 Å². The summed E-state index contributed by atoms with van der Waals surface area (Å²) in [4.78, 5) is 7.79. The molecule has 0 saturated heterocycles. The van der Waals surface area contributed by atoms with E-state index < -0.39 is 0 Å². The van der Waals surface area contributed by atoms with E-state index in [-0.39, 0.29) is 6.67 Å². The fourth-order valence-corrected chi connectivity index (χ4v) is 0.848. The third-order valence-corrected chi connectivity index (χ3v) is 1.46. The lowest BCUT2D eigenvalue weighted by Crippen LogP contribution is -1.94. The van der Waals surface area contributed by atoms with Gasteiger partial charge in [-0.15, -0.1) is 0 Å². The van der Waals surface area contributed by atoms with Crippen LogP contribution in [0.4, 0.5) is 4.39 Å². The van der Waals surface area contributed by atoms with Crippen LogP contribution in [0.15, 0.2) is 12.4 Å². The first-order valence-corrected chi connectivity index (χ1v) is 3.77. The molecule has 1 rings (SSSR count). The highest BCUT2D eigenvalue weighted by Crippen LogP contribution is 2.03. The zero-order chi connectivity index (χ0) is 8.81. The molecule has 0 atom stereocenters. The lowest BCUT2D eigenvalue weighted by Gasteiger charge is -1.98. The van der Waals surface area contributed by atoms with Crippen molar-refractivity contribution in [2.75, 3.05) is 13.8 Å². The second kappa shape index (κ2) is 4.64. The van der Waals surface area contributed by atoms with E-state index in [9.17, 15) is 4.39 Å². The summed E-state index contributed by atoms with van der Waals surface area (Å²) in [6, 6.07) is 0.346. The summed E-state index contributed by atoms with van der Waals surface area (Å²) in [6.45, 7) is -0.300. The molecule has 3 nitrogen and oxygen atoms in total. The number of aromatic nitrogens is 2. The van der Waals surface area contributed by atoms with E-state index >= 15 is 0 Å². The van der Waals surface area contributed by atoms with E-state index in [2.05, 4.69) is 9.97 Å². The number of hydrogen-bond donors (Lipinski definition) is 0. The van der Waals surface area contributed by atoms with Crippen molar-refractivity contribution in [3.05, 3.63) is 18.0 Å². The molecule has 4 heteroatoms. The average molecular weight is 170 g/mol. The van der Waals surface area contributed by atoms with Crippen molar-refractivity contribution in [3.63, 3.8) is 0 Å². The largest absolute Gasteiger partial charge is 0.467 e. The number of alkyl halides is 1. The second-order valence-electron chi connectivity index (χ2n) is 2.37. The van der Waals surface area contributed by atoms with Crippen molar-refractivity contribution in [1.29, 1.82) is 0 Å². The van der Waals surface area contributed by atoms with Gasteiger partial charge < -0.3 is 4.74 Å². The number of methoxy groups -OCH3 is 1. The van der Waals surface area contributed by atoms with Crippen LogP contribution in [0.25, 0.3) is 0 Å². The zero-order valence-electron chi connectivity index (χ0n) is 6.96. The zero-order valence-corrected chi connectivity index (χ0v) is 6.96. The van der Waals surface area contributed by atoms with Gasteiger partial charge in [0.1, 0.15) is 0 Å². The van der Waals surface area contributed by atoms with Crippen molar-refractivity contribution < 1.29 is 9.13 Å². The van der Waals surface area contributed by atoms with Crippen LogP contribution in [0, 0.1) is 0 Å². The van der Waals surface area contributed by atoms with Crippen molar-refractivity contribution in [3.8, 4) is 6.01 Å². The smallest absolute Gasteiger partial charge is 0.316 e. The fraction of sp³-hybridized carbons (Fsp3) is 0.500. The van der Waals surface area contributed by atoms with Crippen molar-refractivity contribution in [1.82, 2.24) is 9.97 Å². The summed E-state index contributed by atoms with van der Waals surface area (Å²) in [5.74, 6) is 0. The van der Waals surface area contributed by atoms with Crippen molar-refractivity contribution >= 4 is 0 Å². The molecule has 0 aliphatic heterocycles. The lowest BCUT2D eigenvalue weighted by molar-refractivity contribution is 0.379. The Kier molecular flexibility index (Phi) is 3.44. The van der Waals surface area contributed by atoms with Crippen molar-refractivity contribution in [2.45, 2.75) is 12.8 Å². The number of aryl methyl sites for hydroxylation is 1. The summed E-state index contributed by atoms with van der Waals surface area (Å²) < 4.78 is 16.5. The molecule has 0 fully saturated rings. The molecule has 1 aromatic heterocycles. The first kappa shape index (κ1) is 8.90. The molecule has 0 amide bonds. The number of ether oxygens (including phenoxy) is 1. The van der Waals surface area contributed by atoms with E-state index in [0.29, 0.717) is 18.9 Å². The van der Waals surface area contributed by atoms with E-state index in [4.69, 9.17) is 4.74 Å². The molecular weight excluding hydrogens is 159 g/mol. The molecule has 0 aromatic carbocycles. The number of halogens is 1. The van der Waals surface area contributed by atoms with E-state index in [1.54, 1.807) is 12.4 Å². The molecule has 0 unspecified atom stereocenters. The first-order chi connectivity index (χ1) is 5.86. The summed E-state index contributed by atoms with van der Waals surface area (Å²) in [5.41, 5.74) is 0.938. The van der Waals surface area contributed by atoms with E-state index in [1.165, 1.54) is 7.11 Å². The predicted molar refractivity (Wildman–Crippen MR) is 42.9 cm³/mol. The molecule has 0 aliphatic carbocycles. The van der Waals surface area contributed by atoms with Gasteiger partial charge in [-0.3, -0.25) is 4.39 Å². The van der Waals surface area contributed by atoms with Gasteiger partial charge in [0.2, 0.25) is 0 Å². The molecule has 0 aliphatic rings. The van der Waals surface area contributed by atoms with Crippen LogP contribution in [-0.2, 0) is 6.42 Å². The van der Waals surface area contributed by atoms with Crippen LogP contribution in [0.5, 0.6) is 6.01 Å². The molecule has 1 heterocycles. The molecule has 0 bridgehead atoms. The Hall–Kier alpha value is -1.19. The van der Waals surface area contributed by atoms with Crippen LogP contribution >= 0.6 is 0 Å². The number of nitrogens with zero attached hydrogens (tertiary/aromatic N) is 2. The summed E-state index contributed by atoms with van der Waals surface area (Å²) in [7, 11) is 1.51. The minimum absolute atomic E-state index is 0.300. The van der Waals surface area contributed by atoms with Gasteiger partial charge in [-0.05, 0) is 18.4 Å². The molecule has 66 valence electrons. The van der Waals surface area contributed by atoms with Crippen LogP contribution in [-0.4, -0.2) is 23.8 Å². The quantitative estimate of drug-likeness (QED) is 0.684. The second-order valence-corrected chi connectivity index (χ2v) is 2.37. The normalized spacial score (nSPS) is 9.83. The Bertz CT molecular complexity index is 225. The summed E-state index contributed by atoms with van der Waals surface area (Å²) in [5, 5.41) is 0. The van der Waals surface area contributed by atoms with Crippen LogP contribution in [0.2, 0.25) is 0 Å². The molecular formula is C8H11FN2O. The number of rotatable bonds is 4. The maximum absolute atomic E-state index is 11.8. The molecule has 0 saturated carbocycles.